The molecule has 0 aliphatic heterocycles. The minimum absolute atomic E-state index is 0.153. The Bertz CT molecular complexity index is 319. The Balaban J connectivity index is 2.65. The van der Waals surface area contributed by atoms with Crippen LogP contribution in [0, 0.1) is 6.92 Å². The number of rotatable bonds is 4. The van der Waals surface area contributed by atoms with E-state index in [1.54, 1.807) is 0 Å². The summed E-state index contributed by atoms with van der Waals surface area (Å²) in [6.07, 6.45) is 3.08. The summed E-state index contributed by atoms with van der Waals surface area (Å²) in [6.45, 7) is 4.66. The van der Waals surface area contributed by atoms with Gasteiger partial charge in [-0.25, -0.2) is 10.8 Å². The minimum Gasteiger partial charge on any atom is -0.332 e. The van der Waals surface area contributed by atoms with Crippen molar-refractivity contribution in [2.75, 3.05) is 0 Å². The maximum absolute atomic E-state index is 10.9. The van der Waals surface area contributed by atoms with Crippen molar-refractivity contribution >= 4 is 5.91 Å². The summed E-state index contributed by atoms with van der Waals surface area (Å²) in [5.74, 6) is 5.85. The fourth-order valence-corrected chi connectivity index (χ4v) is 1.38. The number of aromatic nitrogens is 2. The first-order valence-electron chi connectivity index (χ1n) is 4.69. The molecule has 0 spiro atoms. The summed E-state index contributed by atoms with van der Waals surface area (Å²) in [5, 5.41) is 0. The van der Waals surface area contributed by atoms with E-state index in [1.807, 2.05) is 24.6 Å². The van der Waals surface area contributed by atoms with E-state index in [9.17, 15) is 4.79 Å². The molecule has 5 nitrogen and oxygen atoms in total. The number of aryl methyl sites for hydroxylation is 2. The second kappa shape index (κ2) is 4.76. The fraction of sp³-hybridized carbons (Fsp3) is 0.556. The van der Waals surface area contributed by atoms with Crippen molar-refractivity contribution in [2.24, 2.45) is 5.84 Å². The molecule has 1 aromatic heterocycles. The first-order valence-corrected chi connectivity index (χ1v) is 4.69. The Labute approximate surface area is 83.3 Å². The lowest BCUT2D eigenvalue weighted by atomic mass is 10.3. The van der Waals surface area contributed by atoms with Crippen molar-refractivity contribution in [3.63, 3.8) is 0 Å². The molecule has 0 bridgehead atoms. The normalized spacial score (nSPS) is 10.2. The van der Waals surface area contributed by atoms with Crippen LogP contribution in [0.4, 0.5) is 0 Å². The molecule has 0 unspecified atom stereocenters. The van der Waals surface area contributed by atoms with Crippen LogP contribution in [0.2, 0.25) is 0 Å². The van der Waals surface area contributed by atoms with Gasteiger partial charge in [0.15, 0.2) is 0 Å². The maximum Gasteiger partial charge on any atom is 0.235 e. The first kappa shape index (κ1) is 10.7. The van der Waals surface area contributed by atoms with E-state index >= 15 is 0 Å². The molecule has 5 heteroatoms. The molecule has 0 aliphatic carbocycles. The lowest BCUT2D eigenvalue weighted by Gasteiger charge is -2.07. The van der Waals surface area contributed by atoms with Gasteiger partial charge in [0.25, 0.3) is 0 Å². The van der Waals surface area contributed by atoms with Gasteiger partial charge in [-0.1, -0.05) is 6.92 Å². The van der Waals surface area contributed by atoms with E-state index < -0.39 is 0 Å². The largest absolute Gasteiger partial charge is 0.332 e. The topological polar surface area (TPSA) is 72.9 Å². The highest BCUT2D eigenvalue weighted by Crippen LogP contribution is 2.05. The van der Waals surface area contributed by atoms with Crippen LogP contribution in [0.25, 0.3) is 0 Å². The molecule has 0 aliphatic rings. The zero-order valence-corrected chi connectivity index (χ0v) is 8.58. The van der Waals surface area contributed by atoms with Crippen LogP contribution in [0.1, 0.15) is 24.9 Å². The molecule has 1 amide bonds. The Kier molecular flexibility index (Phi) is 3.64. The molecule has 0 fully saturated rings. The number of nitrogens with two attached hydrogens (primary N) is 1. The summed E-state index contributed by atoms with van der Waals surface area (Å²) in [4.78, 5) is 15.2. The van der Waals surface area contributed by atoms with Crippen molar-refractivity contribution in [3.05, 3.63) is 17.7 Å². The van der Waals surface area contributed by atoms with Gasteiger partial charge >= 0.3 is 0 Å². The zero-order valence-electron chi connectivity index (χ0n) is 8.58. The summed E-state index contributed by atoms with van der Waals surface area (Å²) >= 11 is 0. The smallest absolute Gasteiger partial charge is 0.235 e. The molecule has 0 saturated carbocycles. The van der Waals surface area contributed by atoms with Gasteiger partial charge in [0.2, 0.25) is 5.91 Å². The van der Waals surface area contributed by atoms with Gasteiger partial charge in [-0.15, -0.1) is 0 Å². The highest BCUT2D eigenvalue weighted by atomic mass is 16.2. The van der Waals surface area contributed by atoms with Crippen LogP contribution in [-0.2, 0) is 17.8 Å². The third-order valence-corrected chi connectivity index (χ3v) is 2.18. The summed E-state index contributed by atoms with van der Waals surface area (Å²) in [6, 6.07) is 0. The number of carbonyl (C=O) groups is 1. The van der Waals surface area contributed by atoms with Crippen LogP contribution >= 0.6 is 0 Å². The van der Waals surface area contributed by atoms with Crippen molar-refractivity contribution in [2.45, 2.75) is 33.2 Å². The number of hydrogen-bond donors (Lipinski definition) is 2. The van der Waals surface area contributed by atoms with Crippen molar-refractivity contribution in [1.82, 2.24) is 15.0 Å². The number of hydrazine groups is 1. The van der Waals surface area contributed by atoms with Crippen molar-refractivity contribution in [1.29, 1.82) is 0 Å². The van der Waals surface area contributed by atoms with Crippen LogP contribution in [-0.4, -0.2) is 15.5 Å². The summed E-state index contributed by atoms with van der Waals surface area (Å²) in [5.41, 5.74) is 3.19. The Morgan fingerprint density at radius 2 is 2.43 bits per heavy atom. The Morgan fingerprint density at radius 1 is 1.71 bits per heavy atom. The number of carbonyl (C=O) groups excluding carboxylic acids is 1. The Hall–Kier alpha value is -1.36. The van der Waals surface area contributed by atoms with E-state index in [-0.39, 0.29) is 5.91 Å². The molecule has 0 radical (unpaired) electrons. The van der Waals surface area contributed by atoms with Crippen LogP contribution < -0.4 is 11.3 Å². The number of nitrogens with zero attached hydrogens (tertiary/aromatic N) is 2. The highest BCUT2D eigenvalue weighted by molar-refractivity contribution is 5.75. The highest BCUT2D eigenvalue weighted by Gasteiger charge is 2.06. The van der Waals surface area contributed by atoms with Gasteiger partial charge in [0, 0.05) is 31.3 Å². The van der Waals surface area contributed by atoms with Crippen LogP contribution in [0.15, 0.2) is 6.20 Å². The molecule has 0 atom stereocenters. The van der Waals surface area contributed by atoms with Crippen molar-refractivity contribution in [3.8, 4) is 0 Å². The maximum atomic E-state index is 10.9. The van der Waals surface area contributed by atoms with Gasteiger partial charge < -0.3 is 4.57 Å². The molecule has 3 N–H and O–H groups in total. The molecule has 1 heterocycles. The van der Waals surface area contributed by atoms with Crippen LogP contribution in [0.5, 0.6) is 0 Å². The van der Waals surface area contributed by atoms with Gasteiger partial charge in [-0.3, -0.25) is 10.2 Å². The molecule has 0 aromatic carbocycles. The predicted octanol–water partition coefficient (Wildman–Crippen LogP) is 0.134. The molecular formula is C9H16N4O. The summed E-state index contributed by atoms with van der Waals surface area (Å²) < 4.78 is 2.04. The molecule has 1 rings (SSSR count). The SMILES string of the molecule is CCc1ncc(C)n1CCC(=O)NN. The second-order valence-corrected chi connectivity index (χ2v) is 3.14. The third-order valence-electron chi connectivity index (χ3n) is 2.18. The quantitative estimate of drug-likeness (QED) is 0.408. The van der Waals surface area contributed by atoms with E-state index in [4.69, 9.17) is 5.84 Å². The van der Waals surface area contributed by atoms with E-state index in [0.29, 0.717) is 13.0 Å². The van der Waals surface area contributed by atoms with Gasteiger partial charge in [0.1, 0.15) is 5.82 Å². The standard InChI is InChI=1S/C9H16N4O/c1-3-8-11-6-7(2)13(8)5-4-9(14)12-10/h6H,3-5,10H2,1-2H3,(H,12,14). The lowest BCUT2D eigenvalue weighted by Crippen LogP contribution is -2.30. The first-order chi connectivity index (χ1) is 6.69. The number of nitrogens with one attached hydrogen (secondary N) is 1. The van der Waals surface area contributed by atoms with E-state index in [1.165, 1.54) is 0 Å². The average Bonchev–Trinajstić information content (AvgIpc) is 2.55. The molecule has 0 saturated heterocycles. The molecule has 78 valence electrons. The van der Waals surface area contributed by atoms with Crippen LogP contribution in [0.3, 0.4) is 0 Å². The second-order valence-electron chi connectivity index (χ2n) is 3.14. The monoisotopic (exact) mass is 196 g/mol. The number of imidazole rings is 1. The fourth-order valence-electron chi connectivity index (χ4n) is 1.38. The zero-order chi connectivity index (χ0) is 10.6. The third kappa shape index (κ3) is 2.32. The Morgan fingerprint density at radius 3 is 3.00 bits per heavy atom. The van der Waals surface area contributed by atoms with E-state index in [0.717, 1.165) is 17.9 Å². The number of amides is 1. The predicted molar refractivity (Wildman–Crippen MR) is 53.3 cm³/mol. The molecule has 14 heavy (non-hydrogen) atoms. The van der Waals surface area contributed by atoms with Crippen molar-refractivity contribution < 1.29 is 4.79 Å². The lowest BCUT2D eigenvalue weighted by molar-refractivity contribution is -0.121. The number of hydrogen-bond acceptors (Lipinski definition) is 3. The van der Waals surface area contributed by atoms with Gasteiger partial charge in [-0.2, -0.15) is 0 Å². The molecule has 1 aromatic rings. The van der Waals surface area contributed by atoms with Gasteiger partial charge in [0.05, 0.1) is 0 Å². The average molecular weight is 196 g/mol. The minimum atomic E-state index is -0.153. The van der Waals surface area contributed by atoms with Gasteiger partial charge in [-0.05, 0) is 6.92 Å². The summed E-state index contributed by atoms with van der Waals surface area (Å²) in [7, 11) is 0. The van der Waals surface area contributed by atoms with E-state index in [2.05, 4.69) is 10.4 Å². The molecular weight excluding hydrogens is 180 g/mol.